The van der Waals surface area contributed by atoms with E-state index >= 15 is 0 Å². The van der Waals surface area contributed by atoms with E-state index < -0.39 is 10.0 Å². The largest absolute Gasteiger partial charge is 0.439 e. The minimum atomic E-state index is -3.69. The number of carbonyl (C=O) groups excluding carboxylic acids is 1. The Morgan fingerprint density at radius 3 is 2.29 bits per heavy atom. The molecule has 0 aliphatic heterocycles. The van der Waals surface area contributed by atoms with Crippen LogP contribution in [0.25, 0.3) is 0 Å². The summed E-state index contributed by atoms with van der Waals surface area (Å²) in [5, 5.41) is 2.84. The summed E-state index contributed by atoms with van der Waals surface area (Å²) in [6, 6.07) is 16.7. The van der Waals surface area contributed by atoms with E-state index in [1.165, 1.54) is 6.20 Å². The van der Waals surface area contributed by atoms with Crippen molar-refractivity contribution in [1.29, 1.82) is 0 Å². The molecule has 0 bridgehead atoms. The first kappa shape index (κ1) is 25.2. The Morgan fingerprint density at radius 2 is 1.71 bits per heavy atom. The SMILES string of the molecule is CCCCNC(=O)c1ccc(Oc2ccc(NS(=O)(=O)c3ccc(CC(C)C)cc3)cc2)nc1. The number of sulfonamides is 1. The van der Waals surface area contributed by atoms with E-state index in [9.17, 15) is 13.2 Å². The Hall–Kier alpha value is -3.39. The number of hydrogen-bond acceptors (Lipinski definition) is 5. The topological polar surface area (TPSA) is 97.4 Å². The van der Waals surface area contributed by atoms with Gasteiger partial charge < -0.3 is 10.1 Å². The minimum absolute atomic E-state index is 0.168. The first-order chi connectivity index (χ1) is 16.3. The van der Waals surface area contributed by atoms with Crippen molar-refractivity contribution in [3.63, 3.8) is 0 Å². The van der Waals surface area contributed by atoms with Crippen LogP contribution in [-0.2, 0) is 16.4 Å². The highest BCUT2D eigenvalue weighted by Gasteiger charge is 2.14. The molecule has 3 aromatic rings. The summed E-state index contributed by atoms with van der Waals surface area (Å²) >= 11 is 0. The third-order valence-corrected chi connectivity index (χ3v) is 6.42. The molecule has 1 aromatic heterocycles. The van der Waals surface area contributed by atoms with Gasteiger partial charge in [-0.25, -0.2) is 13.4 Å². The Labute approximate surface area is 201 Å². The van der Waals surface area contributed by atoms with Gasteiger partial charge in [0.1, 0.15) is 5.75 Å². The van der Waals surface area contributed by atoms with Crippen molar-refractivity contribution in [3.8, 4) is 11.6 Å². The summed E-state index contributed by atoms with van der Waals surface area (Å²) in [6.45, 7) is 6.94. The first-order valence-corrected chi connectivity index (χ1v) is 12.9. The lowest BCUT2D eigenvalue weighted by molar-refractivity contribution is 0.0952. The third-order valence-electron chi connectivity index (χ3n) is 5.02. The summed E-state index contributed by atoms with van der Waals surface area (Å²) in [4.78, 5) is 16.4. The van der Waals surface area contributed by atoms with Gasteiger partial charge in [0.2, 0.25) is 5.88 Å². The maximum Gasteiger partial charge on any atom is 0.261 e. The van der Waals surface area contributed by atoms with Crippen molar-refractivity contribution in [2.75, 3.05) is 11.3 Å². The average molecular weight is 482 g/mol. The molecule has 2 N–H and O–H groups in total. The molecule has 8 heteroatoms. The van der Waals surface area contributed by atoms with Crippen LogP contribution in [0.1, 0.15) is 49.5 Å². The number of benzene rings is 2. The maximum absolute atomic E-state index is 12.7. The van der Waals surface area contributed by atoms with Crippen LogP contribution < -0.4 is 14.8 Å². The van der Waals surface area contributed by atoms with E-state index in [0.717, 1.165) is 24.8 Å². The van der Waals surface area contributed by atoms with Crippen molar-refractivity contribution in [2.45, 2.75) is 44.9 Å². The van der Waals surface area contributed by atoms with Gasteiger partial charge in [-0.1, -0.05) is 39.3 Å². The summed E-state index contributed by atoms with van der Waals surface area (Å²) in [6.07, 6.45) is 4.30. The predicted octanol–water partition coefficient (Wildman–Crippen LogP) is 5.40. The molecule has 0 fully saturated rings. The van der Waals surface area contributed by atoms with Gasteiger partial charge in [-0.15, -0.1) is 0 Å². The predicted molar refractivity (Wildman–Crippen MR) is 134 cm³/mol. The summed E-state index contributed by atoms with van der Waals surface area (Å²) in [5.41, 5.74) is 1.99. The van der Waals surface area contributed by atoms with Crippen LogP contribution in [0.5, 0.6) is 11.6 Å². The number of ether oxygens (including phenoxy) is 1. The van der Waals surface area contributed by atoms with E-state index in [4.69, 9.17) is 4.74 Å². The normalized spacial score (nSPS) is 11.3. The summed E-state index contributed by atoms with van der Waals surface area (Å²) < 4.78 is 33.7. The van der Waals surface area contributed by atoms with Gasteiger partial charge in [0.15, 0.2) is 0 Å². The molecule has 34 heavy (non-hydrogen) atoms. The molecule has 0 aliphatic carbocycles. The number of anilines is 1. The van der Waals surface area contributed by atoms with Gasteiger partial charge in [0.05, 0.1) is 10.5 Å². The van der Waals surface area contributed by atoms with E-state index in [-0.39, 0.29) is 10.8 Å². The van der Waals surface area contributed by atoms with Crippen molar-refractivity contribution in [1.82, 2.24) is 10.3 Å². The monoisotopic (exact) mass is 481 g/mol. The lowest BCUT2D eigenvalue weighted by atomic mass is 10.0. The average Bonchev–Trinajstić information content (AvgIpc) is 2.81. The fraction of sp³-hybridized carbons (Fsp3) is 0.308. The van der Waals surface area contributed by atoms with Crippen molar-refractivity contribution in [3.05, 3.63) is 78.0 Å². The molecule has 2 aromatic carbocycles. The summed E-state index contributed by atoms with van der Waals surface area (Å²) in [5.74, 6) is 1.16. The molecule has 0 spiro atoms. The van der Waals surface area contributed by atoms with Gasteiger partial charge in [-0.3, -0.25) is 9.52 Å². The van der Waals surface area contributed by atoms with Crippen LogP contribution in [0.3, 0.4) is 0 Å². The van der Waals surface area contributed by atoms with E-state index in [0.29, 0.717) is 35.3 Å². The zero-order valence-electron chi connectivity index (χ0n) is 19.7. The van der Waals surface area contributed by atoms with Crippen molar-refractivity contribution >= 4 is 21.6 Å². The molecule has 0 aliphatic rings. The van der Waals surface area contributed by atoms with Crippen molar-refractivity contribution in [2.24, 2.45) is 5.92 Å². The Kier molecular flexibility index (Phi) is 8.65. The minimum Gasteiger partial charge on any atom is -0.439 e. The lowest BCUT2D eigenvalue weighted by Crippen LogP contribution is -2.24. The van der Waals surface area contributed by atoms with Gasteiger partial charge >= 0.3 is 0 Å². The number of aromatic nitrogens is 1. The molecule has 0 saturated heterocycles. The molecule has 0 atom stereocenters. The zero-order valence-corrected chi connectivity index (χ0v) is 20.6. The van der Waals surface area contributed by atoms with Gasteiger partial charge in [-0.05, 0) is 66.8 Å². The molecule has 0 unspecified atom stereocenters. The van der Waals surface area contributed by atoms with Crippen LogP contribution in [0.15, 0.2) is 71.8 Å². The van der Waals surface area contributed by atoms with Crippen LogP contribution in [0.2, 0.25) is 0 Å². The highest BCUT2D eigenvalue weighted by atomic mass is 32.2. The number of nitrogens with zero attached hydrogens (tertiary/aromatic N) is 1. The number of pyridine rings is 1. The number of unbranched alkanes of at least 4 members (excludes halogenated alkanes) is 1. The number of rotatable bonds is 11. The Morgan fingerprint density at radius 1 is 1.00 bits per heavy atom. The summed E-state index contributed by atoms with van der Waals surface area (Å²) in [7, 11) is -3.69. The highest BCUT2D eigenvalue weighted by molar-refractivity contribution is 7.92. The lowest BCUT2D eigenvalue weighted by Gasteiger charge is -2.11. The number of nitrogens with one attached hydrogen (secondary N) is 2. The molecular weight excluding hydrogens is 450 g/mol. The van der Waals surface area contributed by atoms with Crippen LogP contribution in [0, 0.1) is 5.92 Å². The molecule has 180 valence electrons. The molecule has 0 saturated carbocycles. The second kappa shape index (κ2) is 11.7. The molecule has 1 amide bonds. The van der Waals surface area contributed by atoms with Crippen LogP contribution in [0.4, 0.5) is 5.69 Å². The fourth-order valence-electron chi connectivity index (χ4n) is 3.26. The quantitative estimate of drug-likeness (QED) is 0.357. The van der Waals surface area contributed by atoms with Gasteiger partial charge in [0, 0.05) is 24.5 Å². The second-order valence-corrected chi connectivity index (χ2v) is 10.2. The molecule has 7 nitrogen and oxygen atoms in total. The smallest absolute Gasteiger partial charge is 0.261 e. The zero-order chi connectivity index (χ0) is 24.6. The maximum atomic E-state index is 12.7. The van der Waals surface area contributed by atoms with Crippen LogP contribution >= 0.6 is 0 Å². The van der Waals surface area contributed by atoms with Gasteiger partial charge in [0.25, 0.3) is 15.9 Å². The van der Waals surface area contributed by atoms with Crippen molar-refractivity contribution < 1.29 is 17.9 Å². The number of hydrogen-bond donors (Lipinski definition) is 2. The fourth-order valence-corrected chi connectivity index (χ4v) is 4.32. The molecule has 3 rings (SSSR count). The molecule has 0 radical (unpaired) electrons. The standard InChI is InChI=1S/C26H31N3O4S/c1-4-5-16-27-26(30)21-8-15-25(28-18-21)33-23-11-9-22(10-12-23)29-34(31,32)24-13-6-20(7-14-24)17-19(2)3/h6-15,18-19,29H,4-5,16-17H2,1-3H3,(H,27,30). The van der Waals surface area contributed by atoms with E-state index in [2.05, 4.69) is 35.8 Å². The van der Waals surface area contributed by atoms with E-state index in [1.54, 1.807) is 48.5 Å². The Bertz CT molecular complexity index is 1170. The highest BCUT2D eigenvalue weighted by Crippen LogP contribution is 2.23. The van der Waals surface area contributed by atoms with E-state index in [1.807, 2.05) is 12.1 Å². The molecular formula is C26H31N3O4S. The number of carbonyl (C=O) groups is 1. The third kappa shape index (κ3) is 7.31. The first-order valence-electron chi connectivity index (χ1n) is 11.4. The van der Waals surface area contributed by atoms with Crippen LogP contribution in [-0.4, -0.2) is 25.9 Å². The van der Waals surface area contributed by atoms with Gasteiger partial charge in [-0.2, -0.15) is 0 Å². The second-order valence-electron chi connectivity index (χ2n) is 8.47. The molecule has 1 heterocycles. The number of amides is 1. The Balaban J connectivity index is 1.59.